The molecule has 0 aromatic heterocycles. The Bertz CT molecular complexity index is 604. The van der Waals surface area contributed by atoms with E-state index in [0.29, 0.717) is 5.92 Å². The number of amides is 1. The van der Waals surface area contributed by atoms with E-state index in [1.807, 2.05) is 0 Å². The van der Waals surface area contributed by atoms with Gasteiger partial charge in [0.05, 0.1) is 11.8 Å². The van der Waals surface area contributed by atoms with Gasteiger partial charge in [0, 0.05) is 11.8 Å². The molecule has 3 fully saturated rings. The van der Waals surface area contributed by atoms with Crippen LogP contribution in [-0.4, -0.2) is 35.3 Å². The highest BCUT2D eigenvalue weighted by Crippen LogP contribution is 2.70. The molecule has 0 radical (unpaired) electrons. The molecule has 1 saturated heterocycles. The summed E-state index contributed by atoms with van der Waals surface area (Å²) in [4.78, 5) is 12.0. The van der Waals surface area contributed by atoms with Crippen molar-refractivity contribution in [2.45, 2.75) is 57.3 Å². The SMILES string of the molecule is C[C@@H](CC(=O)N1[C@@H]2C[C@H]3CC[C@]2(CS1(=O)=O)C3(C)C)C(Cl)Cl. The van der Waals surface area contributed by atoms with Crippen molar-refractivity contribution >= 4 is 39.1 Å². The number of sulfonamides is 1. The van der Waals surface area contributed by atoms with Crippen molar-refractivity contribution in [2.75, 3.05) is 5.75 Å². The molecule has 4 atom stereocenters. The van der Waals surface area contributed by atoms with Crippen LogP contribution in [0.1, 0.15) is 46.5 Å². The first-order valence-electron chi connectivity index (χ1n) is 7.86. The van der Waals surface area contributed by atoms with Gasteiger partial charge in [-0.25, -0.2) is 12.7 Å². The normalized spacial score (nSPS) is 39.3. The van der Waals surface area contributed by atoms with Crippen molar-refractivity contribution in [3.63, 3.8) is 0 Å². The van der Waals surface area contributed by atoms with Crippen molar-refractivity contribution in [3.8, 4) is 0 Å². The molecule has 0 N–H and O–H groups in total. The average molecular weight is 368 g/mol. The van der Waals surface area contributed by atoms with Crippen LogP contribution in [0.3, 0.4) is 0 Å². The maximum Gasteiger partial charge on any atom is 0.238 e. The second-order valence-corrected chi connectivity index (χ2v) is 10.8. The number of carbonyl (C=O) groups is 1. The van der Waals surface area contributed by atoms with Gasteiger partial charge in [-0.05, 0) is 36.5 Å². The molecule has 1 aliphatic heterocycles. The van der Waals surface area contributed by atoms with Crippen molar-refractivity contribution in [1.82, 2.24) is 4.31 Å². The molecule has 7 heteroatoms. The van der Waals surface area contributed by atoms with Crippen molar-refractivity contribution in [3.05, 3.63) is 0 Å². The lowest BCUT2D eigenvalue weighted by Gasteiger charge is -2.37. The maximum absolute atomic E-state index is 12.7. The van der Waals surface area contributed by atoms with E-state index < -0.39 is 14.9 Å². The molecule has 0 aromatic rings. The Kier molecular flexibility index (Phi) is 3.83. The summed E-state index contributed by atoms with van der Waals surface area (Å²) in [5.41, 5.74) is -0.288. The zero-order valence-electron chi connectivity index (χ0n) is 13.2. The summed E-state index contributed by atoms with van der Waals surface area (Å²) < 4.78 is 26.6. The molecule has 4 nitrogen and oxygen atoms in total. The van der Waals surface area contributed by atoms with E-state index in [-0.39, 0.29) is 40.9 Å². The standard InChI is InChI=1S/C15H23Cl2NO3S/c1-9(13(16)17)6-12(19)18-11-7-10-4-5-15(11,14(10,2)3)8-22(18,20)21/h9-11,13H,4-8H2,1-3H3/t9-,10+,11+,15+/m0/s1. The molecule has 0 aromatic carbocycles. The first-order chi connectivity index (χ1) is 10.0. The van der Waals surface area contributed by atoms with E-state index in [1.165, 1.54) is 4.31 Å². The van der Waals surface area contributed by atoms with Gasteiger partial charge < -0.3 is 0 Å². The Labute approximate surface area is 142 Å². The molecule has 2 bridgehead atoms. The predicted octanol–water partition coefficient (Wildman–Crippen LogP) is 3.18. The fourth-order valence-electron chi connectivity index (χ4n) is 5.07. The Hall–Kier alpha value is -0.000000000000000111. The molecule has 22 heavy (non-hydrogen) atoms. The summed E-state index contributed by atoms with van der Waals surface area (Å²) in [5.74, 6) is 0.0205. The number of carbonyl (C=O) groups excluding carboxylic acids is 1. The molecular formula is C15H23Cl2NO3S. The molecule has 2 saturated carbocycles. The predicted molar refractivity (Wildman–Crippen MR) is 87.3 cm³/mol. The summed E-state index contributed by atoms with van der Waals surface area (Å²) in [7, 11) is -3.53. The van der Waals surface area contributed by atoms with E-state index in [2.05, 4.69) is 13.8 Å². The summed E-state index contributed by atoms with van der Waals surface area (Å²) in [6.45, 7) is 6.11. The van der Waals surface area contributed by atoms with Gasteiger partial charge >= 0.3 is 0 Å². The third kappa shape index (κ3) is 2.07. The van der Waals surface area contributed by atoms with E-state index in [1.54, 1.807) is 6.92 Å². The number of fused-ring (bicyclic) bond motifs is 1. The van der Waals surface area contributed by atoms with Gasteiger partial charge in [-0.15, -0.1) is 23.2 Å². The quantitative estimate of drug-likeness (QED) is 0.719. The minimum atomic E-state index is -3.53. The average Bonchev–Trinajstić information content (AvgIpc) is 2.84. The Morgan fingerprint density at radius 1 is 1.36 bits per heavy atom. The van der Waals surface area contributed by atoms with Crippen LogP contribution in [0.15, 0.2) is 0 Å². The maximum atomic E-state index is 12.7. The van der Waals surface area contributed by atoms with Gasteiger partial charge in [-0.3, -0.25) is 4.79 Å². The van der Waals surface area contributed by atoms with Gasteiger partial charge in [-0.2, -0.15) is 0 Å². The second-order valence-electron chi connectivity index (χ2n) is 7.83. The van der Waals surface area contributed by atoms with Gasteiger partial charge in [0.2, 0.25) is 15.9 Å². The summed E-state index contributed by atoms with van der Waals surface area (Å²) in [6.07, 6.45) is 2.86. The first-order valence-corrected chi connectivity index (χ1v) is 10.3. The van der Waals surface area contributed by atoms with Crippen LogP contribution < -0.4 is 0 Å². The van der Waals surface area contributed by atoms with Gasteiger partial charge in [-0.1, -0.05) is 20.8 Å². The van der Waals surface area contributed by atoms with Crippen LogP contribution in [0.5, 0.6) is 0 Å². The summed E-state index contributed by atoms with van der Waals surface area (Å²) in [6, 6.07) is -0.171. The number of alkyl halides is 2. The van der Waals surface area contributed by atoms with Crippen LogP contribution in [0.4, 0.5) is 0 Å². The van der Waals surface area contributed by atoms with E-state index in [0.717, 1.165) is 19.3 Å². The largest absolute Gasteiger partial charge is 0.274 e. The zero-order valence-corrected chi connectivity index (χ0v) is 15.5. The number of hydrogen-bond acceptors (Lipinski definition) is 3. The molecule has 2 aliphatic carbocycles. The van der Waals surface area contributed by atoms with E-state index in [9.17, 15) is 13.2 Å². The van der Waals surface area contributed by atoms with Crippen LogP contribution in [0.2, 0.25) is 0 Å². The minimum absolute atomic E-state index is 0.0209. The monoisotopic (exact) mass is 367 g/mol. The fourth-order valence-corrected chi connectivity index (χ4v) is 7.81. The van der Waals surface area contributed by atoms with Gasteiger partial charge in [0.1, 0.15) is 4.84 Å². The molecular weight excluding hydrogens is 345 g/mol. The topological polar surface area (TPSA) is 54.5 Å². The number of halogens is 2. The van der Waals surface area contributed by atoms with Crippen molar-refractivity contribution in [2.24, 2.45) is 22.7 Å². The Balaban J connectivity index is 1.92. The summed E-state index contributed by atoms with van der Waals surface area (Å²) >= 11 is 11.6. The number of hydrogen-bond donors (Lipinski definition) is 0. The third-order valence-corrected chi connectivity index (χ3v) is 9.38. The first kappa shape index (κ1) is 16.8. The third-order valence-electron chi connectivity index (χ3n) is 6.58. The van der Waals surface area contributed by atoms with Crippen molar-refractivity contribution in [1.29, 1.82) is 0 Å². The highest BCUT2D eigenvalue weighted by molar-refractivity contribution is 7.90. The molecule has 3 aliphatic rings. The van der Waals surface area contributed by atoms with Crippen LogP contribution in [0, 0.1) is 22.7 Å². The molecule has 1 amide bonds. The Morgan fingerprint density at radius 2 is 2.00 bits per heavy atom. The smallest absolute Gasteiger partial charge is 0.238 e. The van der Waals surface area contributed by atoms with Crippen LogP contribution in [-0.2, 0) is 14.8 Å². The summed E-state index contributed by atoms with van der Waals surface area (Å²) in [5, 5.41) is 0. The molecule has 3 rings (SSSR count). The van der Waals surface area contributed by atoms with E-state index >= 15 is 0 Å². The number of nitrogens with zero attached hydrogens (tertiary/aromatic N) is 1. The second kappa shape index (κ2) is 5.00. The zero-order chi connectivity index (χ0) is 16.5. The molecule has 1 spiro atoms. The molecule has 1 heterocycles. The highest BCUT2D eigenvalue weighted by atomic mass is 35.5. The molecule has 126 valence electrons. The fraction of sp³-hybridized carbons (Fsp3) is 0.933. The van der Waals surface area contributed by atoms with Gasteiger partial charge in [0.15, 0.2) is 0 Å². The van der Waals surface area contributed by atoms with Crippen molar-refractivity contribution < 1.29 is 13.2 Å². The lowest BCUT2D eigenvalue weighted by molar-refractivity contribution is -0.129. The Morgan fingerprint density at radius 3 is 2.55 bits per heavy atom. The molecule has 0 unspecified atom stereocenters. The highest BCUT2D eigenvalue weighted by Gasteiger charge is 2.72. The lowest BCUT2D eigenvalue weighted by Crippen LogP contribution is -2.44. The number of rotatable bonds is 3. The van der Waals surface area contributed by atoms with E-state index in [4.69, 9.17) is 23.2 Å². The van der Waals surface area contributed by atoms with Crippen LogP contribution >= 0.6 is 23.2 Å². The lowest BCUT2D eigenvalue weighted by atomic mass is 9.69. The van der Waals surface area contributed by atoms with Gasteiger partial charge in [0.25, 0.3) is 0 Å². The van der Waals surface area contributed by atoms with Crippen LogP contribution in [0.25, 0.3) is 0 Å². The minimum Gasteiger partial charge on any atom is -0.274 e.